The molecule has 4 rings (SSSR count). The third-order valence-corrected chi connectivity index (χ3v) is 4.23. The Bertz CT molecular complexity index is 1270. The van der Waals surface area contributed by atoms with Crippen molar-refractivity contribution in [3.8, 4) is 17.3 Å². The number of nitrogen functional groups attached to an aromatic ring is 2. The minimum atomic E-state index is -1.14. The van der Waals surface area contributed by atoms with Crippen molar-refractivity contribution in [2.75, 3.05) is 11.5 Å². The summed E-state index contributed by atoms with van der Waals surface area (Å²) in [5.74, 6) is -1.97. The highest BCUT2D eigenvalue weighted by Crippen LogP contribution is 2.33. The van der Waals surface area contributed by atoms with Crippen LogP contribution < -0.4 is 21.9 Å². The molecular formula is C18H14F2N8O2. The molecule has 0 unspecified atom stereocenters. The van der Waals surface area contributed by atoms with Crippen molar-refractivity contribution >= 4 is 28.6 Å². The first kappa shape index (κ1) is 19.0. The van der Waals surface area contributed by atoms with Crippen LogP contribution >= 0.6 is 0 Å². The second-order valence-electron chi connectivity index (χ2n) is 6.18. The van der Waals surface area contributed by atoms with E-state index in [0.717, 1.165) is 6.20 Å². The number of pyridine rings is 1. The van der Waals surface area contributed by atoms with E-state index in [-0.39, 0.29) is 46.5 Å². The summed E-state index contributed by atoms with van der Waals surface area (Å²) < 4.78 is 34.7. The summed E-state index contributed by atoms with van der Waals surface area (Å²) in [4.78, 5) is 22.8. The molecule has 6 N–H and O–H groups in total. The maximum absolute atomic E-state index is 14.6. The van der Waals surface area contributed by atoms with Crippen LogP contribution in [0.1, 0.15) is 5.56 Å². The molecule has 12 heteroatoms. The molecule has 152 valence electrons. The molecule has 0 bridgehead atoms. The summed E-state index contributed by atoms with van der Waals surface area (Å²) in [6.45, 7) is -0.0698. The van der Waals surface area contributed by atoms with Gasteiger partial charge in [0, 0.05) is 17.1 Å². The third-order valence-electron chi connectivity index (χ3n) is 4.23. The molecule has 0 aliphatic carbocycles. The minimum Gasteiger partial charge on any atom is -0.403 e. The van der Waals surface area contributed by atoms with Crippen molar-refractivity contribution in [2.45, 2.75) is 6.54 Å². The van der Waals surface area contributed by atoms with Crippen molar-refractivity contribution in [1.82, 2.24) is 24.7 Å². The standard InChI is InChI=1S/C18H14F2N8O2/c19-10-3-1-2-9-12(17-25-15(21)14(16(22)26-17)30-18(23)29)27-28(13(9)10)7-8-4-5-24-6-11(8)20/h1-6H,7H2,(H2,23,29)(H4,21,22,25,26). The topological polar surface area (TPSA) is 161 Å². The number of aromatic nitrogens is 5. The highest BCUT2D eigenvalue weighted by atomic mass is 19.1. The number of nitrogens with zero attached hydrogens (tertiary/aromatic N) is 5. The summed E-state index contributed by atoms with van der Waals surface area (Å²) >= 11 is 0. The normalized spacial score (nSPS) is 11.0. The van der Waals surface area contributed by atoms with Gasteiger partial charge in [0.25, 0.3) is 0 Å². The molecule has 10 nitrogen and oxygen atoms in total. The summed E-state index contributed by atoms with van der Waals surface area (Å²) in [5, 5.41) is 4.70. The third kappa shape index (κ3) is 3.30. The number of carbonyl (C=O) groups is 1. The zero-order valence-electron chi connectivity index (χ0n) is 15.2. The number of nitrogens with two attached hydrogens (primary N) is 3. The molecule has 1 amide bonds. The Hall–Kier alpha value is -4.35. The number of para-hydroxylation sites is 1. The van der Waals surface area contributed by atoms with Gasteiger partial charge in [0.05, 0.1) is 12.7 Å². The fraction of sp³-hybridized carbons (Fsp3) is 0.0556. The zero-order chi connectivity index (χ0) is 21.4. The largest absolute Gasteiger partial charge is 0.410 e. The number of ether oxygens (including phenoxy) is 1. The van der Waals surface area contributed by atoms with E-state index in [1.165, 1.54) is 29.1 Å². The molecule has 0 atom stereocenters. The fourth-order valence-corrected chi connectivity index (χ4v) is 2.96. The average Bonchev–Trinajstić information content (AvgIpc) is 3.06. The highest BCUT2D eigenvalue weighted by Gasteiger charge is 2.21. The second kappa shape index (κ2) is 7.24. The van der Waals surface area contributed by atoms with Gasteiger partial charge >= 0.3 is 6.09 Å². The predicted molar refractivity (Wildman–Crippen MR) is 103 cm³/mol. The van der Waals surface area contributed by atoms with Crippen LogP contribution in [0, 0.1) is 11.6 Å². The van der Waals surface area contributed by atoms with Crippen molar-refractivity contribution in [2.24, 2.45) is 5.73 Å². The Morgan fingerprint density at radius 3 is 2.50 bits per heavy atom. The van der Waals surface area contributed by atoms with Crippen LogP contribution in [0.4, 0.5) is 25.2 Å². The number of primary amides is 1. The first-order chi connectivity index (χ1) is 14.3. The molecule has 3 heterocycles. The Labute approximate surface area is 167 Å². The lowest BCUT2D eigenvalue weighted by molar-refractivity contribution is 0.211. The summed E-state index contributed by atoms with van der Waals surface area (Å²) in [5.41, 5.74) is 17.1. The molecule has 0 aliphatic heterocycles. The maximum atomic E-state index is 14.6. The number of anilines is 2. The number of amides is 1. The second-order valence-corrected chi connectivity index (χ2v) is 6.18. The smallest absolute Gasteiger partial charge is 0.403 e. The Balaban J connectivity index is 1.88. The lowest BCUT2D eigenvalue weighted by Crippen LogP contribution is -2.19. The van der Waals surface area contributed by atoms with Gasteiger partial charge in [0.15, 0.2) is 17.5 Å². The molecule has 0 saturated carbocycles. The summed E-state index contributed by atoms with van der Waals surface area (Å²) in [6.07, 6.45) is 1.34. The van der Waals surface area contributed by atoms with Gasteiger partial charge in [-0.1, -0.05) is 12.1 Å². The van der Waals surface area contributed by atoms with Gasteiger partial charge in [-0.25, -0.2) is 23.5 Å². The van der Waals surface area contributed by atoms with E-state index in [1.807, 2.05) is 0 Å². The molecule has 30 heavy (non-hydrogen) atoms. The Morgan fingerprint density at radius 2 is 1.83 bits per heavy atom. The number of hydrogen-bond donors (Lipinski definition) is 3. The van der Waals surface area contributed by atoms with Gasteiger partial charge in [-0.05, 0) is 12.1 Å². The lowest BCUT2D eigenvalue weighted by atomic mass is 10.2. The maximum Gasteiger partial charge on any atom is 0.410 e. The molecule has 0 fully saturated rings. The van der Waals surface area contributed by atoms with E-state index < -0.39 is 17.7 Å². The molecular weight excluding hydrogens is 398 g/mol. The van der Waals surface area contributed by atoms with Crippen LogP contribution in [0.15, 0.2) is 36.7 Å². The van der Waals surface area contributed by atoms with Crippen molar-refractivity contribution in [3.63, 3.8) is 0 Å². The molecule has 0 saturated heterocycles. The molecule has 0 radical (unpaired) electrons. The molecule has 0 spiro atoms. The van der Waals surface area contributed by atoms with Crippen LogP contribution in [-0.4, -0.2) is 30.8 Å². The Morgan fingerprint density at radius 1 is 1.10 bits per heavy atom. The average molecular weight is 412 g/mol. The van der Waals surface area contributed by atoms with Gasteiger partial charge in [-0.3, -0.25) is 9.67 Å². The fourth-order valence-electron chi connectivity index (χ4n) is 2.96. The predicted octanol–water partition coefficient (Wildman–Crippen LogP) is 1.84. The lowest BCUT2D eigenvalue weighted by Gasteiger charge is -2.08. The number of fused-ring (bicyclic) bond motifs is 1. The van der Waals surface area contributed by atoms with Gasteiger partial charge < -0.3 is 21.9 Å². The van der Waals surface area contributed by atoms with Gasteiger partial charge in [-0.2, -0.15) is 5.10 Å². The monoisotopic (exact) mass is 412 g/mol. The van der Waals surface area contributed by atoms with E-state index >= 15 is 0 Å². The van der Waals surface area contributed by atoms with Crippen molar-refractivity contribution < 1.29 is 18.3 Å². The van der Waals surface area contributed by atoms with Gasteiger partial charge in [0.2, 0.25) is 5.75 Å². The van der Waals surface area contributed by atoms with E-state index in [0.29, 0.717) is 5.39 Å². The summed E-state index contributed by atoms with van der Waals surface area (Å²) in [7, 11) is 0. The van der Waals surface area contributed by atoms with E-state index in [4.69, 9.17) is 21.9 Å². The van der Waals surface area contributed by atoms with E-state index in [9.17, 15) is 13.6 Å². The number of halogens is 2. The number of benzene rings is 1. The van der Waals surface area contributed by atoms with Crippen LogP contribution in [0.2, 0.25) is 0 Å². The van der Waals surface area contributed by atoms with Gasteiger partial charge in [0.1, 0.15) is 22.8 Å². The number of hydrogen-bond acceptors (Lipinski definition) is 8. The van der Waals surface area contributed by atoms with Gasteiger partial charge in [-0.15, -0.1) is 0 Å². The summed E-state index contributed by atoms with van der Waals surface area (Å²) in [6, 6.07) is 5.80. The first-order valence-corrected chi connectivity index (χ1v) is 8.49. The number of carbonyl (C=O) groups excluding carboxylic acids is 1. The Kier molecular flexibility index (Phi) is 4.58. The number of rotatable bonds is 4. The first-order valence-electron chi connectivity index (χ1n) is 8.49. The van der Waals surface area contributed by atoms with Crippen molar-refractivity contribution in [1.29, 1.82) is 0 Å². The molecule has 3 aromatic heterocycles. The van der Waals surface area contributed by atoms with Crippen molar-refractivity contribution in [3.05, 3.63) is 53.9 Å². The van der Waals surface area contributed by atoms with E-state index in [2.05, 4.69) is 20.1 Å². The SMILES string of the molecule is NC(=O)Oc1c(N)nc(-c2nn(Cc3ccncc3F)c3c(F)cccc23)nc1N. The van der Waals surface area contributed by atoms with Crippen LogP contribution in [0.5, 0.6) is 5.75 Å². The quantitative estimate of drug-likeness (QED) is 0.457. The van der Waals surface area contributed by atoms with Crippen LogP contribution in [-0.2, 0) is 6.54 Å². The zero-order valence-corrected chi connectivity index (χ0v) is 15.2. The molecule has 1 aromatic carbocycles. The van der Waals surface area contributed by atoms with Crippen LogP contribution in [0.3, 0.4) is 0 Å². The minimum absolute atomic E-state index is 0.0358. The molecule has 0 aliphatic rings. The highest BCUT2D eigenvalue weighted by molar-refractivity contribution is 5.92. The molecule has 4 aromatic rings. The van der Waals surface area contributed by atoms with E-state index in [1.54, 1.807) is 6.07 Å². The van der Waals surface area contributed by atoms with Crippen LogP contribution in [0.25, 0.3) is 22.4 Å².